The van der Waals surface area contributed by atoms with Gasteiger partial charge < -0.3 is 0 Å². The summed E-state index contributed by atoms with van der Waals surface area (Å²) in [4.78, 5) is 16.1. The van der Waals surface area contributed by atoms with Crippen LogP contribution >= 0.6 is 11.6 Å². The topological polar surface area (TPSA) is 30.0 Å². The van der Waals surface area contributed by atoms with Crippen LogP contribution in [0, 0.1) is 29.0 Å². The lowest BCUT2D eigenvalue weighted by atomic mass is 9.77. The molecule has 1 aromatic heterocycles. The van der Waals surface area contributed by atoms with Crippen molar-refractivity contribution in [3.63, 3.8) is 0 Å². The Bertz CT molecular complexity index is 820. The van der Waals surface area contributed by atoms with Gasteiger partial charge in [0.1, 0.15) is 5.82 Å². The minimum Gasteiger partial charge on any atom is -0.281 e. The van der Waals surface area contributed by atoms with Gasteiger partial charge in [-0.1, -0.05) is 13.8 Å². The summed E-state index contributed by atoms with van der Waals surface area (Å²) in [6.07, 6.45) is 6.21. The lowest BCUT2D eigenvalue weighted by molar-refractivity contribution is -0.121. The van der Waals surface area contributed by atoms with E-state index in [1.807, 2.05) is 20.0 Å². The average molecular weight is 360 g/mol. The number of benzene rings is 1. The van der Waals surface area contributed by atoms with Gasteiger partial charge in [-0.3, -0.25) is 9.78 Å². The first kappa shape index (κ1) is 17.0. The summed E-state index contributed by atoms with van der Waals surface area (Å²) in [6.45, 7) is 3.95. The van der Waals surface area contributed by atoms with Crippen LogP contribution in [-0.4, -0.2) is 10.2 Å². The van der Waals surface area contributed by atoms with Crippen LogP contribution in [0.15, 0.2) is 30.5 Å². The predicted molar refractivity (Wildman–Crippen MR) is 98.0 cm³/mol. The quantitative estimate of drug-likeness (QED) is 0.659. The van der Waals surface area contributed by atoms with Crippen molar-refractivity contribution in [2.24, 2.45) is 23.2 Å². The fraction of sp³-hybridized carbons (Fsp3) is 0.524. The molecular weight excluding hydrogens is 337 g/mol. The highest BCUT2D eigenvalue weighted by Gasteiger charge is 2.48. The molecule has 25 heavy (non-hydrogen) atoms. The summed E-state index contributed by atoms with van der Waals surface area (Å²) in [5.74, 6) is 1.91. The number of hydrogen-bond donors (Lipinski definition) is 0. The molecule has 1 heterocycles. The van der Waals surface area contributed by atoms with E-state index in [2.05, 4.69) is 11.1 Å². The first-order valence-electron chi connectivity index (χ1n) is 9.10. The monoisotopic (exact) mass is 359 g/mol. The van der Waals surface area contributed by atoms with Gasteiger partial charge in [0.05, 0.1) is 5.52 Å². The number of fused-ring (bicyclic) bond motifs is 2. The minimum atomic E-state index is -0.437. The highest BCUT2D eigenvalue weighted by atomic mass is 35.5. The Morgan fingerprint density at radius 2 is 1.84 bits per heavy atom. The fourth-order valence-corrected chi connectivity index (χ4v) is 5.27. The molecular formula is C21H23ClFNO. The number of rotatable bonds is 3. The Hall–Kier alpha value is -1.48. The Balaban J connectivity index is 1.56. The maximum Gasteiger partial charge on any atom is 0.227 e. The second-order valence-electron chi connectivity index (χ2n) is 8.41. The molecule has 0 N–H and O–H groups in total. The molecule has 0 saturated heterocycles. The van der Waals surface area contributed by atoms with E-state index in [4.69, 9.17) is 11.6 Å². The van der Waals surface area contributed by atoms with Gasteiger partial charge in [-0.05, 0) is 90.8 Å². The van der Waals surface area contributed by atoms with E-state index < -0.39 is 5.41 Å². The van der Waals surface area contributed by atoms with E-state index in [0.717, 1.165) is 36.6 Å². The van der Waals surface area contributed by atoms with Crippen LogP contribution in [0.5, 0.6) is 0 Å². The van der Waals surface area contributed by atoms with Crippen molar-refractivity contribution in [3.05, 3.63) is 41.8 Å². The highest BCUT2D eigenvalue weighted by molar-refractivity contribution is 6.64. The zero-order valence-corrected chi connectivity index (χ0v) is 15.4. The number of nitrogens with zero attached hydrogens (tertiary/aromatic N) is 1. The van der Waals surface area contributed by atoms with Gasteiger partial charge in [-0.25, -0.2) is 4.39 Å². The van der Waals surface area contributed by atoms with Gasteiger partial charge in [-0.2, -0.15) is 0 Å². The van der Waals surface area contributed by atoms with Gasteiger partial charge in [0.25, 0.3) is 0 Å². The molecule has 132 valence electrons. The van der Waals surface area contributed by atoms with Crippen molar-refractivity contribution in [3.8, 4) is 0 Å². The lowest BCUT2D eigenvalue weighted by Crippen LogP contribution is -2.28. The van der Waals surface area contributed by atoms with Crippen molar-refractivity contribution in [1.82, 2.24) is 4.98 Å². The number of pyridine rings is 1. The van der Waals surface area contributed by atoms with E-state index >= 15 is 0 Å². The summed E-state index contributed by atoms with van der Waals surface area (Å²) in [7, 11) is 0. The summed E-state index contributed by atoms with van der Waals surface area (Å²) in [6, 6.07) is 6.90. The molecule has 0 unspecified atom stereocenters. The third kappa shape index (κ3) is 2.87. The second-order valence-corrected chi connectivity index (χ2v) is 8.76. The second kappa shape index (κ2) is 6.05. The molecule has 2 aromatic rings. The number of halogens is 2. The summed E-state index contributed by atoms with van der Waals surface area (Å²) < 4.78 is 13.7. The SMILES string of the molecule is CC(C)(C(=O)Cl)[C@H]1C[C@H]2C[C@@H](c3ccnc4ccc(F)cc34)C[C@H]2C1. The normalized spacial score (nSPS) is 29.1. The Kier molecular flexibility index (Phi) is 4.10. The molecule has 0 bridgehead atoms. The third-order valence-corrected chi connectivity index (χ3v) is 7.21. The molecule has 4 heteroatoms. The van der Waals surface area contributed by atoms with Gasteiger partial charge in [-0.15, -0.1) is 0 Å². The van der Waals surface area contributed by atoms with Crippen LogP contribution in [-0.2, 0) is 4.79 Å². The Morgan fingerprint density at radius 1 is 1.16 bits per heavy atom. The van der Waals surface area contributed by atoms with Crippen molar-refractivity contribution in [1.29, 1.82) is 0 Å². The molecule has 4 rings (SSSR count). The van der Waals surface area contributed by atoms with E-state index in [1.165, 1.54) is 11.6 Å². The molecule has 0 spiro atoms. The maximum absolute atomic E-state index is 13.7. The highest BCUT2D eigenvalue weighted by Crippen LogP contribution is 2.56. The minimum absolute atomic E-state index is 0.206. The van der Waals surface area contributed by atoms with Crippen LogP contribution < -0.4 is 0 Å². The van der Waals surface area contributed by atoms with Crippen LogP contribution in [0.25, 0.3) is 10.9 Å². The molecule has 2 aliphatic rings. The number of aromatic nitrogens is 1. The smallest absolute Gasteiger partial charge is 0.227 e. The number of hydrogen-bond acceptors (Lipinski definition) is 2. The lowest BCUT2D eigenvalue weighted by Gasteiger charge is -2.28. The van der Waals surface area contributed by atoms with Crippen LogP contribution in [0.1, 0.15) is 51.0 Å². The van der Waals surface area contributed by atoms with Crippen LogP contribution in [0.2, 0.25) is 0 Å². The molecule has 2 nitrogen and oxygen atoms in total. The average Bonchev–Trinajstić information content (AvgIpc) is 3.13. The summed E-state index contributed by atoms with van der Waals surface area (Å²) in [5, 5.41) is 0.727. The van der Waals surface area contributed by atoms with Gasteiger partial charge >= 0.3 is 0 Å². The zero-order valence-electron chi connectivity index (χ0n) is 14.6. The number of carbonyl (C=O) groups excluding carboxylic acids is 1. The van der Waals surface area contributed by atoms with Crippen molar-refractivity contribution >= 4 is 27.7 Å². The fourth-order valence-electron chi connectivity index (χ4n) is 5.12. The van der Waals surface area contributed by atoms with Crippen LogP contribution in [0.3, 0.4) is 0 Å². The maximum atomic E-state index is 13.7. The molecule has 2 fully saturated rings. The Labute approximate surface area is 152 Å². The molecule has 0 radical (unpaired) electrons. The Morgan fingerprint density at radius 3 is 2.48 bits per heavy atom. The molecule has 1 aromatic carbocycles. The molecule has 4 atom stereocenters. The van der Waals surface area contributed by atoms with E-state index in [9.17, 15) is 9.18 Å². The van der Waals surface area contributed by atoms with E-state index in [1.54, 1.807) is 12.1 Å². The first-order chi connectivity index (χ1) is 11.9. The largest absolute Gasteiger partial charge is 0.281 e. The first-order valence-corrected chi connectivity index (χ1v) is 9.48. The van der Waals surface area contributed by atoms with Gasteiger partial charge in [0.2, 0.25) is 5.24 Å². The molecule has 0 aliphatic heterocycles. The summed E-state index contributed by atoms with van der Waals surface area (Å²) >= 11 is 5.83. The van der Waals surface area contributed by atoms with Crippen molar-refractivity contribution < 1.29 is 9.18 Å². The summed E-state index contributed by atoms with van der Waals surface area (Å²) in [5.41, 5.74) is 1.65. The molecule has 0 amide bonds. The molecule has 2 saturated carbocycles. The molecule has 2 aliphatic carbocycles. The standard InChI is InChI=1S/C21H23ClFNO/c1-21(2,20(22)25)15-9-12-7-14(8-13(12)10-15)17-5-6-24-19-4-3-16(23)11-18(17)19/h3-6,11-15H,7-10H2,1-2H3/t12-,13+,14-,15+. The van der Waals surface area contributed by atoms with Gasteiger partial charge in [0, 0.05) is 17.0 Å². The van der Waals surface area contributed by atoms with Crippen molar-refractivity contribution in [2.75, 3.05) is 0 Å². The van der Waals surface area contributed by atoms with Crippen LogP contribution in [0.4, 0.5) is 4.39 Å². The third-order valence-electron chi connectivity index (χ3n) is 6.72. The zero-order chi connectivity index (χ0) is 17.8. The number of carbonyl (C=O) groups is 1. The van der Waals surface area contributed by atoms with E-state index in [-0.39, 0.29) is 11.1 Å². The van der Waals surface area contributed by atoms with E-state index in [0.29, 0.717) is 23.7 Å². The predicted octanol–water partition coefficient (Wildman–Crippen LogP) is 5.69. The van der Waals surface area contributed by atoms with Gasteiger partial charge in [0.15, 0.2) is 0 Å². The van der Waals surface area contributed by atoms with Crippen molar-refractivity contribution in [2.45, 2.75) is 45.4 Å².